The molecule has 0 aromatic heterocycles. The fourth-order valence-corrected chi connectivity index (χ4v) is 4.59. The molecular formula is C24H29F5O. The van der Waals surface area contributed by atoms with Gasteiger partial charge in [0.15, 0.2) is 11.6 Å². The average molecular weight is 428 g/mol. The number of ether oxygens (including phenoxy) is 1. The van der Waals surface area contributed by atoms with Crippen molar-refractivity contribution >= 4 is 10.8 Å². The van der Waals surface area contributed by atoms with Crippen LogP contribution >= 0.6 is 0 Å². The van der Waals surface area contributed by atoms with Gasteiger partial charge in [-0.25, -0.2) is 8.78 Å². The van der Waals surface area contributed by atoms with Crippen molar-refractivity contribution < 1.29 is 26.7 Å². The van der Waals surface area contributed by atoms with Gasteiger partial charge in [0.05, 0.1) is 0 Å². The second-order valence-corrected chi connectivity index (χ2v) is 8.53. The van der Waals surface area contributed by atoms with E-state index in [1.54, 1.807) is 12.1 Å². The molecule has 2 aromatic carbocycles. The Morgan fingerprint density at radius 3 is 2.23 bits per heavy atom. The molecule has 0 aliphatic heterocycles. The van der Waals surface area contributed by atoms with Gasteiger partial charge < -0.3 is 4.74 Å². The van der Waals surface area contributed by atoms with Crippen molar-refractivity contribution in [2.24, 2.45) is 11.8 Å². The van der Waals surface area contributed by atoms with E-state index >= 15 is 0 Å². The second-order valence-electron chi connectivity index (χ2n) is 8.53. The Kier molecular flexibility index (Phi) is 7.59. The first-order valence-corrected chi connectivity index (χ1v) is 10.9. The van der Waals surface area contributed by atoms with Crippen LogP contribution in [0.3, 0.4) is 0 Å². The molecule has 0 heterocycles. The number of benzene rings is 2. The zero-order valence-corrected chi connectivity index (χ0v) is 17.3. The second kappa shape index (κ2) is 9.97. The van der Waals surface area contributed by atoms with Gasteiger partial charge >= 0.3 is 6.36 Å². The van der Waals surface area contributed by atoms with E-state index < -0.39 is 23.7 Å². The summed E-state index contributed by atoms with van der Waals surface area (Å²) >= 11 is 0. The topological polar surface area (TPSA) is 9.23 Å². The average Bonchev–Trinajstić information content (AvgIpc) is 2.70. The van der Waals surface area contributed by atoms with E-state index in [4.69, 9.17) is 0 Å². The Bertz CT molecular complexity index is 838. The number of hydrogen-bond acceptors (Lipinski definition) is 1. The number of fused-ring (bicyclic) bond motifs is 1. The van der Waals surface area contributed by atoms with E-state index in [9.17, 15) is 22.0 Å². The third kappa shape index (κ3) is 6.08. The third-order valence-corrected chi connectivity index (χ3v) is 6.29. The highest BCUT2D eigenvalue weighted by Gasteiger charge is 2.34. The molecule has 0 amide bonds. The van der Waals surface area contributed by atoms with E-state index in [0.717, 1.165) is 30.4 Å². The molecule has 1 aliphatic carbocycles. The van der Waals surface area contributed by atoms with E-state index in [1.807, 2.05) is 0 Å². The lowest BCUT2D eigenvalue weighted by Gasteiger charge is -2.28. The molecule has 0 unspecified atom stereocenters. The summed E-state index contributed by atoms with van der Waals surface area (Å²) in [5, 5.41) is 0.170. The maximum absolute atomic E-state index is 14.4. The molecule has 1 saturated carbocycles. The number of halogens is 5. The quantitative estimate of drug-likeness (QED) is 0.303. The molecule has 3 rings (SSSR count). The van der Waals surface area contributed by atoms with Crippen LogP contribution in [-0.4, -0.2) is 6.36 Å². The molecule has 1 fully saturated rings. The van der Waals surface area contributed by atoms with Gasteiger partial charge in [-0.2, -0.15) is 0 Å². The van der Waals surface area contributed by atoms with Crippen LogP contribution in [0.25, 0.3) is 10.8 Å². The lowest BCUT2D eigenvalue weighted by atomic mass is 9.77. The third-order valence-electron chi connectivity index (χ3n) is 6.29. The number of rotatable bonds is 8. The van der Waals surface area contributed by atoms with Gasteiger partial charge in [-0.1, -0.05) is 76.5 Å². The van der Waals surface area contributed by atoms with Crippen molar-refractivity contribution in [2.45, 2.75) is 77.5 Å². The monoisotopic (exact) mass is 428 g/mol. The van der Waals surface area contributed by atoms with Crippen molar-refractivity contribution in [3.63, 3.8) is 0 Å². The maximum atomic E-state index is 14.4. The summed E-state index contributed by atoms with van der Waals surface area (Å²) in [7, 11) is 0. The molecule has 0 radical (unpaired) electrons. The predicted molar refractivity (Wildman–Crippen MR) is 108 cm³/mol. The Hall–Kier alpha value is -1.85. The smallest absolute Gasteiger partial charge is 0.399 e. The first kappa shape index (κ1) is 22.8. The van der Waals surface area contributed by atoms with E-state index in [1.165, 1.54) is 57.4 Å². The van der Waals surface area contributed by atoms with Gasteiger partial charge in [-0.3, -0.25) is 0 Å². The molecule has 0 N–H and O–H groups in total. The Balaban J connectivity index is 1.59. The van der Waals surface area contributed by atoms with Crippen molar-refractivity contribution in [1.82, 2.24) is 0 Å². The first-order valence-electron chi connectivity index (χ1n) is 10.9. The molecule has 1 aliphatic rings. The zero-order valence-electron chi connectivity index (χ0n) is 17.3. The summed E-state index contributed by atoms with van der Waals surface area (Å²) in [4.78, 5) is 0. The molecule has 30 heavy (non-hydrogen) atoms. The Morgan fingerprint density at radius 1 is 0.933 bits per heavy atom. The summed E-state index contributed by atoms with van der Waals surface area (Å²) < 4.78 is 69.0. The van der Waals surface area contributed by atoms with Crippen molar-refractivity contribution in [3.05, 3.63) is 41.5 Å². The van der Waals surface area contributed by atoms with Crippen molar-refractivity contribution in [3.8, 4) is 5.75 Å². The van der Waals surface area contributed by atoms with Crippen LogP contribution in [0.4, 0.5) is 22.0 Å². The van der Waals surface area contributed by atoms with E-state index in [2.05, 4.69) is 11.7 Å². The van der Waals surface area contributed by atoms with Gasteiger partial charge in [0.25, 0.3) is 0 Å². The van der Waals surface area contributed by atoms with Crippen molar-refractivity contribution in [2.75, 3.05) is 0 Å². The van der Waals surface area contributed by atoms with Crippen LogP contribution in [0.5, 0.6) is 5.75 Å². The fourth-order valence-electron chi connectivity index (χ4n) is 4.59. The van der Waals surface area contributed by atoms with Crippen molar-refractivity contribution in [1.29, 1.82) is 0 Å². The highest BCUT2D eigenvalue weighted by atomic mass is 19.4. The maximum Gasteiger partial charge on any atom is 0.573 e. The largest absolute Gasteiger partial charge is 0.573 e. The van der Waals surface area contributed by atoms with Crippen LogP contribution in [-0.2, 0) is 6.42 Å². The SMILES string of the molecule is CCCCCC1CCC(CCc2ccc3c(F)c(OC(F)(F)F)c(F)cc3c2)CC1. The molecule has 0 spiro atoms. The molecule has 0 saturated heterocycles. The number of hydrogen-bond donors (Lipinski definition) is 0. The Morgan fingerprint density at radius 2 is 1.60 bits per heavy atom. The van der Waals surface area contributed by atoms with Gasteiger partial charge in [0.1, 0.15) is 0 Å². The van der Waals surface area contributed by atoms with Crippen LogP contribution in [0.1, 0.15) is 70.3 Å². The normalized spacial score (nSPS) is 19.9. The minimum absolute atomic E-state index is 0.0769. The lowest BCUT2D eigenvalue weighted by Crippen LogP contribution is -2.19. The summed E-state index contributed by atoms with van der Waals surface area (Å²) in [5.41, 5.74) is 0.941. The van der Waals surface area contributed by atoms with Gasteiger partial charge in [-0.15, -0.1) is 13.2 Å². The van der Waals surface area contributed by atoms with Gasteiger partial charge in [0.2, 0.25) is 5.75 Å². The van der Waals surface area contributed by atoms with Gasteiger partial charge in [-0.05, 0) is 41.7 Å². The number of alkyl halides is 3. The van der Waals surface area contributed by atoms with Crippen LogP contribution in [0.2, 0.25) is 0 Å². The van der Waals surface area contributed by atoms with Gasteiger partial charge in [0, 0.05) is 5.39 Å². The van der Waals surface area contributed by atoms with E-state index in [0.29, 0.717) is 5.92 Å². The summed E-state index contributed by atoms with van der Waals surface area (Å²) in [5.74, 6) is -2.56. The minimum Gasteiger partial charge on any atom is -0.399 e. The molecule has 0 bridgehead atoms. The lowest BCUT2D eigenvalue weighted by molar-refractivity contribution is -0.276. The molecule has 0 atom stereocenters. The Labute approximate surface area is 174 Å². The predicted octanol–water partition coefficient (Wildman–Crippen LogP) is 8.34. The highest BCUT2D eigenvalue weighted by Crippen LogP contribution is 2.36. The summed E-state index contributed by atoms with van der Waals surface area (Å²) in [6.45, 7) is 2.22. The summed E-state index contributed by atoms with van der Waals surface area (Å²) in [6, 6.07) is 5.68. The standard InChI is InChI=1S/C24H29F5O/c1-2-3-4-5-16-6-8-17(9-7-16)10-11-18-12-13-20-19(14-18)15-21(25)23(22(20)26)30-24(27,28)29/h12-17H,2-11H2,1H3. The number of aryl methyl sites for hydroxylation is 1. The highest BCUT2D eigenvalue weighted by molar-refractivity contribution is 5.85. The molecule has 6 heteroatoms. The molecule has 166 valence electrons. The number of unbranched alkanes of at least 4 members (excludes halogenated alkanes) is 2. The van der Waals surface area contributed by atoms with Crippen LogP contribution in [0.15, 0.2) is 24.3 Å². The fraction of sp³-hybridized carbons (Fsp3) is 0.583. The summed E-state index contributed by atoms with van der Waals surface area (Å²) in [6.07, 6.45) is 6.92. The molecule has 1 nitrogen and oxygen atoms in total. The van der Waals surface area contributed by atoms with Crippen LogP contribution < -0.4 is 4.74 Å². The first-order chi connectivity index (χ1) is 14.3. The molecule has 2 aromatic rings. The minimum atomic E-state index is -5.15. The van der Waals surface area contributed by atoms with E-state index in [-0.39, 0.29) is 10.8 Å². The zero-order chi connectivity index (χ0) is 21.7. The molecular weight excluding hydrogens is 399 g/mol. The van der Waals surface area contributed by atoms with Crippen LogP contribution in [0, 0.1) is 23.5 Å².